The Morgan fingerprint density at radius 1 is 1.28 bits per heavy atom. The van der Waals surface area contributed by atoms with E-state index in [0.29, 0.717) is 11.5 Å². The largest absolute Gasteiger partial charge is 0.441 e. The number of aromatic nitrogens is 2. The van der Waals surface area contributed by atoms with E-state index in [9.17, 15) is 0 Å². The molecule has 0 unspecified atom stereocenters. The molecule has 1 aromatic carbocycles. The molecular weight excluding hydrogens is 226 g/mol. The second-order valence-electron chi connectivity index (χ2n) is 3.95. The first-order valence-electron chi connectivity index (χ1n) is 5.49. The van der Waals surface area contributed by atoms with Gasteiger partial charge in [0.1, 0.15) is 11.6 Å². The Hall–Kier alpha value is -2.67. The lowest BCUT2D eigenvalue weighted by Gasteiger charge is -2.02. The number of pyridine rings is 1. The van der Waals surface area contributed by atoms with E-state index in [2.05, 4.69) is 16.0 Å². The van der Waals surface area contributed by atoms with Gasteiger partial charge >= 0.3 is 0 Å². The molecule has 0 spiro atoms. The molecule has 2 aromatic heterocycles. The number of nitriles is 1. The summed E-state index contributed by atoms with van der Waals surface area (Å²) in [5.74, 6) is 0.636. The number of rotatable bonds is 1. The van der Waals surface area contributed by atoms with Gasteiger partial charge in [-0.15, -0.1) is 0 Å². The Morgan fingerprint density at radius 2 is 2.17 bits per heavy atom. The Balaban J connectivity index is 2.22. The van der Waals surface area contributed by atoms with Crippen LogP contribution in [0.3, 0.4) is 0 Å². The van der Waals surface area contributed by atoms with Crippen LogP contribution in [0.15, 0.2) is 41.1 Å². The first kappa shape index (κ1) is 10.5. The van der Waals surface area contributed by atoms with Crippen LogP contribution in [0.2, 0.25) is 0 Å². The fourth-order valence-electron chi connectivity index (χ4n) is 1.95. The van der Waals surface area contributed by atoms with E-state index in [4.69, 9.17) is 9.68 Å². The average Bonchev–Trinajstić information content (AvgIpc) is 2.77. The van der Waals surface area contributed by atoms with Crippen LogP contribution in [0, 0.1) is 18.3 Å². The molecule has 4 nitrogen and oxygen atoms in total. The third-order valence-corrected chi connectivity index (χ3v) is 2.75. The molecule has 0 bridgehead atoms. The summed E-state index contributed by atoms with van der Waals surface area (Å²) in [6, 6.07) is 9.67. The SMILES string of the molecule is Cc1nc2cc(-c3ccncc3C#N)ccc2o1. The molecule has 0 aliphatic heterocycles. The van der Waals surface area contributed by atoms with Crippen molar-refractivity contribution < 1.29 is 4.42 Å². The highest BCUT2D eigenvalue weighted by molar-refractivity contribution is 5.82. The van der Waals surface area contributed by atoms with E-state index in [0.717, 1.165) is 22.2 Å². The number of hydrogen-bond acceptors (Lipinski definition) is 4. The molecule has 0 amide bonds. The van der Waals surface area contributed by atoms with Gasteiger partial charge in [-0.25, -0.2) is 4.98 Å². The van der Waals surface area contributed by atoms with Gasteiger partial charge < -0.3 is 4.42 Å². The number of fused-ring (bicyclic) bond motifs is 1. The lowest BCUT2D eigenvalue weighted by Crippen LogP contribution is -1.85. The maximum Gasteiger partial charge on any atom is 0.192 e. The third-order valence-electron chi connectivity index (χ3n) is 2.75. The molecule has 0 aliphatic rings. The van der Waals surface area contributed by atoms with Crippen LogP contribution in [-0.4, -0.2) is 9.97 Å². The van der Waals surface area contributed by atoms with Crippen molar-refractivity contribution in [2.24, 2.45) is 0 Å². The summed E-state index contributed by atoms with van der Waals surface area (Å²) in [5, 5.41) is 9.07. The summed E-state index contributed by atoms with van der Waals surface area (Å²) in [5.41, 5.74) is 3.90. The maximum atomic E-state index is 9.07. The Morgan fingerprint density at radius 3 is 3.00 bits per heavy atom. The van der Waals surface area contributed by atoms with Gasteiger partial charge in [0.2, 0.25) is 0 Å². The summed E-state index contributed by atoms with van der Waals surface area (Å²) in [6.45, 7) is 1.81. The monoisotopic (exact) mass is 235 g/mol. The molecule has 0 saturated carbocycles. The van der Waals surface area contributed by atoms with Gasteiger partial charge in [-0.2, -0.15) is 5.26 Å². The van der Waals surface area contributed by atoms with Gasteiger partial charge in [-0.05, 0) is 23.8 Å². The normalized spacial score (nSPS) is 10.4. The predicted molar refractivity (Wildman–Crippen MR) is 66.7 cm³/mol. The number of benzene rings is 1. The second-order valence-corrected chi connectivity index (χ2v) is 3.95. The highest BCUT2D eigenvalue weighted by atomic mass is 16.3. The van der Waals surface area contributed by atoms with Gasteiger partial charge in [-0.1, -0.05) is 6.07 Å². The minimum absolute atomic E-state index is 0.553. The number of oxazole rings is 1. The van der Waals surface area contributed by atoms with Crippen molar-refractivity contribution in [2.45, 2.75) is 6.92 Å². The fourth-order valence-corrected chi connectivity index (χ4v) is 1.95. The molecule has 3 aromatic rings. The number of aryl methyl sites for hydroxylation is 1. The molecule has 86 valence electrons. The number of nitrogens with zero attached hydrogens (tertiary/aromatic N) is 3. The van der Waals surface area contributed by atoms with E-state index >= 15 is 0 Å². The second kappa shape index (κ2) is 3.97. The quantitative estimate of drug-likeness (QED) is 0.650. The highest BCUT2D eigenvalue weighted by Gasteiger charge is 2.08. The summed E-state index contributed by atoms with van der Waals surface area (Å²) in [4.78, 5) is 8.24. The molecular formula is C14H9N3O. The van der Waals surface area contributed by atoms with Crippen molar-refractivity contribution in [1.29, 1.82) is 5.26 Å². The van der Waals surface area contributed by atoms with Gasteiger partial charge in [-0.3, -0.25) is 4.98 Å². The van der Waals surface area contributed by atoms with Crippen molar-refractivity contribution in [3.8, 4) is 17.2 Å². The van der Waals surface area contributed by atoms with Crippen molar-refractivity contribution in [2.75, 3.05) is 0 Å². The lowest BCUT2D eigenvalue weighted by atomic mass is 10.0. The van der Waals surface area contributed by atoms with Crippen molar-refractivity contribution in [3.05, 3.63) is 48.1 Å². The predicted octanol–water partition coefficient (Wildman–Crippen LogP) is 3.07. The molecule has 0 fully saturated rings. The van der Waals surface area contributed by atoms with Crippen molar-refractivity contribution in [1.82, 2.24) is 9.97 Å². The summed E-state index contributed by atoms with van der Waals surface area (Å²) < 4.78 is 5.43. The Bertz CT molecular complexity index is 768. The molecule has 0 atom stereocenters. The van der Waals surface area contributed by atoms with Gasteiger partial charge in [0.25, 0.3) is 0 Å². The molecule has 0 aliphatic carbocycles. The Labute approximate surface area is 104 Å². The van der Waals surface area contributed by atoms with Crippen LogP contribution >= 0.6 is 0 Å². The average molecular weight is 235 g/mol. The molecule has 3 rings (SSSR count). The van der Waals surface area contributed by atoms with Crippen LogP contribution in [0.25, 0.3) is 22.2 Å². The first-order chi connectivity index (χ1) is 8.78. The van der Waals surface area contributed by atoms with Crippen LogP contribution in [-0.2, 0) is 0 Å². The van der Waals surface area contributed by atoms with Crippen molar-refractivity contribution in [3.63, 3.8) is 0 Å². The van der Waals surface area contributed by atoms with Crippen LogP contribution in [0.4, 0.5) is 0 Å². The summed E-state index contributed by atoms with van der Waals surface area (Å²) in [6.07, 6.45) is 3.24. The van der Waals surface area contributed by atoms with E-state index in [1.54, 1.807) is 12.4 Å². The van der Waals surface area contributed by atoms with Crippen LogP contribution in [0.1, 0.15) is 11.5 Å². The zero-order valence-electron chi connectivity index (χ0n) is 9.71. The van der Waals surface area contributed by atoms with Gasteiger partial charge in [0.15, 0.2) is 11.5 Å². The van der Waals surface area contributed by atoms with Crippen LogP contribution < -0.4 is 0 Å². The molecule has 2 heterocycles. The minimum atomic E-state index is 0.553. The van der Waals surface area contributed by atoms with E-state index in [1.165, 1.54) is 0 Å². The summed E-state index contributed by atoms with van der Waals surface area (Å²) >= 11 is 0. The standard InChI is InChI=1S/C14H9N3O/c1-9-17-13-6-10(2-3-14(13)18-9)12-4-5-16-8-11(12)7-15/h2-6,8H,1H3. The van der Waals surface area contributed by atoms with Crippen LogP contribution in [0.5, 0.6) is 0 Å². The minimum Gasteiger partial charge on any atom is -0.441 e. The highest BCUT2D eigenvalue weighted by Crippen LogP contribution is 2.26. The summed E-state index contributed by atoms with van der Waals surface area (Å²) in [7, 11) is 0. The zero-order chi connectivity index (χ0) is 12.5. The number of hydrogen-bond donors (Lipinski definition) is 0. The zero-order valence-corrected chi connectivity index (χ0v) is 9.71. The molecule has 0 N–H and O–H groups in total. The van der Waals surface area contributed by atoms with E-state index < -0.39 is 0 Å². The third kappa shape index (κ3) is 1.62. The van der Waals surface area contributed by atoms with E-state index in [-0.39, 0.29) is 0 Å². The topological polar surface area (TPSA) is 62.7 Å². The van der Waals surface area contributed by atoms with Gasteiger partial charge in [0.05, 0.1) is 5.56 Å². The molecule has 4 heteroatoms. The molecule has 18 heavy (non-hydrogen) atoms. The van der Waals surface area contributed by atoms with Crippen molar-refractivity contribution >= 4 is 11.1 Å². The fraction of sp³-hybridized carbons (Fsp3) is 0.0714. The van der Waals surface area contributed by atoms with E-state index in [1.807, 2.05) is 31.2 Å². The Kier molecular flexibility index (Phi) is 2.31. The maximum absolute atomic E-state index is 9.07. The smallest absolute Gasteiger partial charge is 0.192 e. The first-order valence-corrected chi connectivity index (χ1v) is 5.49. The molecule has 0 saturated heterocycles. The lowest BCUT2D eigenvalue weighted by molar-refractivity contribution is 0.561. The van der Waals surface area contributed by atoms with Gasteiger partial charge in [0, 0.05) is 24.9 Å². The molecule has 0 radical (unpaired) electrons.